The molecule has 1 aliphatic heterocycles. The maximum absolute atomic E-state index is 12.4. The second-order valence-electron chi connectivity index (χ2n) is 6.55. The summed E-state index contributed by atoms with van der Waals surface area (Å²) in [5, 5.41) is 2.90. The lowest BCUT2D eigenvalue weighted by Gasteiger charge is -2.28. The summed E-state index contributed by atoms with van der Waals surface area (Å²) in [5.41, 5.74) is 4.50. The van der Waals surface area contributed by atoms with E-state index in [1.165, 1.54) is 0 Å². The number of H-pyrrole nitrogens is 1. The van der Waals surface area contributed by atoms with Crippen LogP contribution in [0.15, 0.2) is 45.6 Å². The lowest BCUT2D eigenvalue weighted by atomic mass is 10.0. The van der Waals surface area contributed by atoms with Crippen LogP contribution in [0, 0.1) is 0 Å². The van der Waals surface area contributed by atoms with Crippen LogP contribution in [0.3, 0.4) is 0 Å². The Bertz CT molecular complexity index is 1100. The van der Waals surface area contributed by atoms with Crippen LogP contribution in [0.2, 0.25) is 0 Å². The number of oxazole rings is 1. The van der Waals surface area contributed by atoms with Gasteiger partial charge < -0.3 is 14.6 Å². The molecule has 0 fully saturated rings. The zero-order valence-corrected chi connectivity index (χ0v) is 14.9. The molecule has 0 saturated carbocycles. The van der Waals surface area contributed by atoms with E-state index in [1.807, 2.05) is 25.1 Å². The molecule has 0 radical (unpaired) electrons. The van der Waals surface area contributed by atoms with Gasteiger partial charge in [-0.05, 0) is 54.8 Å². The molecule has 27 heavy (non-hydrogen) atoms. The number of carbonyl (C=O) groups is 2. The highest BCUT2D eigenvalue weighted by atomic mass is 16.4. The van der Waals surface area contributed by atoms with Gasteiger partial charge in [0.1, 0.15) is 0 Å². The number of benzene rings is 2. The van der Waals surface area contributed by atoms with Gasteiger partial charge in [-0.3, -0.25) is 14.6 Å². The first-order chi connectivity index (χ1) is 13.0. The summed E-state index contributed by atoms with van der Waals surface area (Å²) in [6, 6.07) is 10.8. The highest BCUT2D eigenvalue weighted by Crippen LogP contribution is 2.30. The predicted molar refractivity (Wildman–Crippen MR) is 102 cm³/mol. The Hall–Kier alpha value is -3.35. The summed E-state index contributed by atoms with van der Waals surface area (Å²) >= 11 is 0. The summed E-state index contributed by atoms with van der Waals surface area (Å²) in [5.74, 6) is -0.533. The average Bonchev–Trinajstić information content (AvgIpc) is 3.01. The third-order valence-electron chi connectivity index (χ3n) is 4.73. The molecule has 2 N–H and O–H groups in total. The molecule has 0 bridgehead atoms. The molecule has 7 nitrogen and oxygen atoms in total. The van der Waals surface area contributed by atoms with Crippen LogP contribution in [-0.4, -0.2) is 23.3 Å². The highest BCUT2D eigenvalue weighted by molar-refractivity contribution is 5.98. The van der Waals surface area contributed by atoms with E-state index in [2.05, 4.69) is 10.3 Å². The Morgan fingerprint density at radius 1 is 1.19 bits per heavy atom. The molecule has 3 aromatic rings. The van der Waals surface area contributed by atoms with Gasteiger partial charge in [0.25, 0.3) is 0 Å². The third kappa shape index (κ3) is 3.36. The predicted octanol–water partition coefficient (Wildman–Crippen LogP) is 2.60. The van der Waals surface area contributed by atoms with Crippen molar-refractivity contribution >= 4 is 34.3 Å². The van der Waals surface area contributed by atoms with E-state index in [4.69, 9.17) is 4.42 Å². The van der Waals surface area contributed by atoms with E-state index < -0.39 is 5.76 Å². The topological polar surface area (TPSA) is 95.4 Å². The van der Waals surface area contributed by atoms with Gasteiger partial charge in [-0.2, -0.15) is 0 Å². The second-order valence-corrected chi connectivity index (χ2v) is 6.55. The van der Waals surface area contributed by atoms with Gasteiger partial charge in [0.2, 0.25) is 11.8 Å². The number of amides is 2. The van der Waals surface area contributed by atoms with Crippen LogP contribution < -0.4 is 16.0 Å². The number of nitrogens with zero attached hydrogens (tertiary/aromatic N) is 1. The first kappa shape index (κ1) is 17.1. The lowest BCUT2D eigenvalue weighted by molar-refractivity contribution is -0.119. The second kappa shape index (κ2) is 6.75. The Kier molecular flexibility index (Phi) is 4.27. The molecule has 1 aromatic heterocycles. The number of hydrogen-bond acceptors (Lipinski definition) is 4. The Morgan fingerprint density at radius 3 is 2.85 bits per heavy atom. The fourth-order valence-electron chi connectivity index (χ4n) is 3.48. The maximum Gasteiger partial charge on any atom is 0.417 e. The molecule has 0 atom stereocenters. The molecular formula is C20H19N3O4. The summed E-state index contributed by atoms with van der Waals surface area (Å²) in [6.07, 6.45) is 1.35. The number of nitrogens with one attached hydrogen (secondary N) is 2. The van der Waals surface area contributed by atoms with E-state index in [0.29, 0.717) is 36.2 Å². The van der Waals surface area contributed by atoms with Crippen molar-refractivity contribution in [1.29, 1.82) is 0 Å². The number of aryl methyl sites for hydroxylation is 1. The highest BCUT2D eigenvalue weighted by Gasteiger charge is 2.23. The van der Waals surface area contributed by atoms with Gasteiger partial charge in [-0.1, -0.05) is 6.07 Å². The zero-order chi connectivity index (χ0) is 19.0. The van der Waals surface area contributed by atoms with Crippen molar-refractivity contribution in [3.8, 4) is 0 Å². The smallest absolute Gasteiger partial charge is 0.408 e. The van der Waals surface area contributed by atoms with Crippen LogP contribution in [0.25, 0.3) is 11.1 Å². The molecule has 2 aromatic carbocycles. The van der Waals surface area contributed by atoms with Crippen LogP contribution in [0.4, 0.5) is 11.4 Å². The minimum absolute atomic E-state index is 0.134. The van der Waals surface area contributed by atoms with E-state index in [1.54, 1.807) is 23.1 Å². The number of anilines is 2. The van der Waals surface area contributed by atoms with Crippen molar-refractivity contribution in [3.05, 3.63) is 58.1 Å². The largest absolute Gasteiger partial charge is 0.417 e. The van der Waals surface area contributed by atoms with E-state index >= 15 is 0 Å². The summed E-state index contributed by atoms with van der Waals surface area (Å²) in [4.78, 5) is 39.9. The number of rotatable bonds is 4. The summed E-state index contributed by atoms with van der Waals surface area (Å²) in [7, 11) is 0. The number of fused-ring (bicyclic) bond motifs is 2. The summed E-state index contributed by atoms with van der Waals surface area (Å²) in [6.45, 7) is 2.59. The van der Waals surface area contributed by atoms with Gasteiger partial charge in [0.15, 0.2) is 5.58 Å². The standard InChI is InChI=1S/C20H19N3O4/c1-2-23-16-6-5-14(11-13(16)4-8-19(23)25)21-18(24)10-12-3-7-17-15(9-12)22-20(26)27-17/h3,5-7,9,11H,2,4,8,10H2,1H3,(H,21,24)(H,22,26). The van der Waals surface area contributed by atoms with E-state index in [-0.39, 0.29) is 18.2 Å². The molecule has 138 valence electrons. The fraction of sp³-hybridized carbons (Fsp3) is 0.250. The third-order valence-corrected chi connectivity index (χ3v) is 4.73. The van der Waals surface area contributed by atoms with E-state index in [0.717, 1.165) is 16.8 Å². The Balaban J connectivity index is 1.49. The van der Waals surface area contributed by atoms with Crippen LogP contribution in [-0.2, 0) is 22.4 Å². The quantitative estimate of drug-likeness (QED) is 0.743. The molecular weight excluding hydrogens is 346 g/mol. The Morgan fingerprint density at radius 2 is 2.04 bits per heavy atom. The number of hydrogen-bond donors (Lipinski definition) is 2. The van der Waals surface area contributed by atoms with Gasteiger partial charge >= 0.3 is 5.76 Å². The van der Waals surface area contributed by atoms with Crippen molar-refractivity contribution in [1.82, 2.24) is 4.98 Å². The van der Waals surface area contributed by atoms with Crippen molar-refractivity contribution in [2.45, 2.75) is 26.2 Å². The van der Waals surface area contributed by atoms with Crippen LogP contribution in [0.5, 0.6) is 0 Å². The molecule has 4 rings (SSSR count). The number of carbonyl (C=O) groups excluding carboxylic acids is 2. The fourth-order valence-corrected chi connectivity index (χ4v) is 3.48. The molecule has 0 saturated heterocycles. The first-order valence-electron chi connectivity index (χ1n) is 8.88. The van der Waals surface area contributed by atoms with Crippen molar-refractivity contribution in [3.63, 3.8) is 0 Å². The normalized spacial score (nSPS) is 13.7. The molecule has 7 heteroatoms. The maximum atomic E-state index is 12.4. The molecule has 2 amide bonds. The van der Waals surface area contributed by atoms with Crippen LogP contribution in [0.1, 0.15) is 24.5 Å². The zero-order valence-electron chi connectivity index (χ0n) is 14.9. The van der Waals surface area contributed by atoms with Crippen molar-refractivity contribution in [2.24, 2.45) is 0 Å². The summed E-state index contributed by atoms with van der Waals surface area (Å²) < 4.78 is 4.96. The number of aromatic amines is 1. The lowest BCUT2D eigenvalue weighted by Crippen LogP contribution is -2.34. The minimum atomic E-state index is -0.514. The van der Waals surface area contributed by atoms with E-state index in [9.17, 15) is 14.4 Å². The Labute approximate surface area is 155 Å². The molecule has 2 heterocycles. The number of aromatic nitrogens is 1. The van der Waals surface area contributed by atoms with Gasteiger partial charge in [-0.15, -0.1) is 0 Å². The van der Waals surface area contributed by atoms with Gasteiger partial charge in [0.05, 0.1) is 11.9 Å². The van der Waals surface area contributed by atoms with Crippen LogP contribution >= 0.6 is 0 Å². The van der Waals surface area contributed by atoms with Crippen molar-refractivity contribution < 1.29 is 14.0 Å². The van der Waals surface area contributed by atoms with Crippen molar-refractivity contribution in [2.75, 3.05) is 16.8 Å². The van der Waals surface area contributed by atoms with Gasteiger partial charge in [0, 0.05) is 24.3 Å². The molecule has 0 spiro atoms. The minimum Gasteiger partial charge on any atom is -0.408 e. The average molecular weight is 365 g/mol. The monoisotopic (exact) mass is 365 g/mol. The molecule has 1 aliphatic rings. The SMILES string of the molecule is CCN1C(=O)CCc2cc(NC(=O)Cc3ccc4oc(=O)[nH]c4c3)ccc21. The first-order valence-corrected chi connectivity index (χ1v) is 8.88. The molecule has 0 aliphatic carbocycles. The van der Waals surface area contributed by atoms with Gasteiger partial charge in [-0.25, -0.2) is 4.79 Å². The molecule has 0 unspecified atom stereocenters.